The Morgan fingerprint density at radius 3 is 2.85 bits per heavy atom. The summed E-state index contributed by atoms with van der Waals surface area (Å²) in [4.78, 5) is 4.39. The smallest absolute Gasteiger partial charge is 0.246 e. The molecule has 104 valence electrons. The highest BCUT2D eigenvalue weighted by Gasteiger charge is 2.11. The van der Waals surface area contributed by atoms with Crippen LogP contribution in [0, 0.1) is 0 Å². The number of aliphatic hydroxyl groups excluding tert-OH is 1. The van der Waals surface area contributed by atoms with Crippen LogP contribution in [0.25, 0.3) is 10.9 Å². The number of hydrogen-bond donors (Lipinski definition) is 1. The fourth-order valence-electron chi connectivity index (χ4n) is 2.28. The highest BCUT2D eigenvalue weighted by molar-refractivity contribution is 5.83. The molecule has 3 aromatic rings. The van der Waals surface area contributed by atoms with E-state index < -0.39 is 0 Å². The first kappa shape index (κ1) is 12.9. The molecule has 0 atom stereocenters. The number of rotatable bonds is 4. The van der Waals surface area contributed by atoms with E-state index in [-0.39, 0.29) is 12.5 Å². The second-order valence-electron chi connectivity index (χ2n) is 5.15. The van der Waals surface area contributed by atoms with Gasteiger partial charge < -0.3 is 14.2 Å². The minimum absolute atomic E-state index is 0.0411. The van der Waals surface area contributed by atoms with Crippen LogP contribution in [0.15, 0.2) is 35.0 Å². The Hall–Kier alpha value is -2.14. The molecule has 0 aliphatic rings. The average molecular weight is 271 g/mol. The molecular formula is C15H17N3O2. The summed E-state index contributed by atoms with van der Waals surface area (Å²) < 4.78 is 7.32. The Balaban J connectivity index is 1.94. The van der Waals surface area contributed by atoms with Crippen LogP contribution >= 0.6 is 0 Å². The molecule has 0 bridgehead atoms. The lowest BCUT2D eigenvalue weighted by Gasteiger charge is -2.03. The van der Waals surface area contributed by atoms with E-state index in [1.807, 2.05) is 48.9 Å². The lowest BCUT2D eigenvalue weighted by atomic mass is 10.1. The third-order valence-corrected chi connectivity index (χ3v) is 3.38. The summed E-state index contributed by atoms with van der Waals surface area (Å²) in [5, 5.41) is 14.4. The zero-order valence-corrected chi connectivity index (χ0v) is 11.6. The van der Waals surface area contributed by atoms with Gasteiger partial charge in [-0.3, -0.25) is 0 Å². The molecule has 0 aliphatic carbocycles. The van der Waals surface area contributed by atoms with Crippen LogP contribution in [-0.2, 0) is 13.2 Å². The molecular weight excluding hydrogens is 254 g/mol. The van der Waals surface area contributed by atoms with Gasteiger partial charge in [0.1, 0.15) is 6.54 Å². The summed E-state index contributed by atoms with van der Waals surface area (Å²) in [6, 6.07) is 7.89. The molecule has 20 heavy (non-hydrogen) atoms. The Kier molecular flexibility index (Phi) is 3.28. The number of nitrogens with zero attached hydrogens (tertiary/aromatic N) is 3. The molecule has 5 heteroatoms. The molecule has 0 unspecified atom stereocenters. The molecule has 2 aromatic heterocycles. The van der Waals surface area contributed by atoms with Crippen LogP contribution in [0.3, 0.4) is 0 Å². The Bertz CT molecular complexity index is 728. The Morgan fingerprint density at radius 1 is 1.30 bits per heavy atom. The van der Waals surface area contributed by atoms with Crippen molar-refractivity contribution in [1.82, 2.24) is 14.7 Å². The monoisotopic (exact) mass is 271 g/mol. The third kappa shape index (κ3) is 2.20. The zero-order chi connectivity index (χ0) is 14.1. The fraction of sp³-hybridized carbons (Fsp3) is 0.333. The number of benzene rings is 1. The summed E-state index contributed by atoms with van der Waals surface area (Å²) >= 11 is 0. The molecule has 1 aromatic carbocycles. The number of fused-ring (bicyclic) bond motifs is 1. The van der Waals surface area contributed by atoms with E-state index in [2.05, 4.69) is 10.1 Å². The van der Waals surface area contributed by atoms with Gasteiger partial charge in [-0.15, -0.1) is 0 Å². The maximum Gasteiger partial charge on any atom is 0.246 e. The van der Waals surface area contributed by atoms with E-state index in [0.29, 0.717) is 12.4 Å². The number of aliphatic hydroxyl groups is 1. The van der Waals surface area contributed by atoms with Crippen molar-refractivity contribution in [2.75, 3.05) is 0 Å². The van der Waals surface area contributed by atoms with E-state index in [1.165, 1.54) is 0 Å². The molecule has 0 saturated carbocycles. The van der Waals surface area contributed by atoms with Crippen molar-refractivity contribution in [3.63, 3.8) is 0 Å². The number of hydrogen-bond acceptors (Lipinski definition) is 4. The maximum atomic E-state index is 9.35. The summed E-state index contributed by atoms with van der Waals surface area (Å²) in [6.45, 7) is 4.65. The van der Waals surface area contributed by atoms with Crippen LogP contribution in [-0.4, -0.2) is 19.8 Å². The second kappa shape index (κ2) is 5.09. The number of aromatic nitrogens is 3. The highest BCUT2D eigenvalue weighted by atomic mass is 16.5. The first-order chi connectivity index (χ1) is 9.69. The SMILES string of the molecule is CC(C)c1noc(Cn2ccc3c(CO)cccc32)n1. The molecule has 0 amide bonds. The van der Waals surface area contributed by atoms with Crippen molar-refractivity contribution in [1.29, 1.82) is 0 Å². The maximum absolute atomic E-state index is 9.35. The minimum atomic E-state index is 0.0411. The van der Waals surface area contributed by atoms with Gasteiger partial charge in [-0.05, 0) is 17.7 Å². The van der Waals surface area contributed by atoms with Gasteiger partial charge >= 0.3 is 0 Å². The quantitative estimate of drug-likeness (QED) is 0.792. The van der Waals surface area contributed by atoms with Gasteiger partial charge in [0.2, 0.25) is 5.89 Å². The van der Waals surface area contributed by atoms with Crippen LogP contribution in [0.1, 0.15) is 37.0 Å². The molecule has 0 fully saturated rings. The van der Waals surface area contributed by atoms with Crippen molar-refractivity contribution < 1.29 is 9.63 Å². The molecule has 0 aliphatic heterocycles. The van der Waals surface area contributed by atoms with Gasteiger partial charge in [0.05, 0.1) is 6.61 Å². The van der Waals surface area contributed by atoms with Crippen molar-refractivity contribution in [3.8, 4) is 0 Å². The molecule has 3 rings (SSSR count). The standard InChI is InChI=1S/C15H17N3O2/c1-10(2)15-16-14(20-17-15)8-18-7-6-12-11(9-19)4-3-5-13(12)18/h3-7,10,19H,8-9H2,1-2H3. The van der Waals surface area contributed by atoms with Gasteiger partial charge in [0.15, 0.2) is 5.82 Å². The van der Waals surface area contributed by atoms with E-state index in [0.717, 1.165) is 22.3 Å². The molecule has 1 N–H and O–H groups in total. The molecule has 0 saturated heterocycles. The van der Waals surface area contributed by atoms with Gasteiger partial charge in [0, 0.05) is 23.0 Å². The Morgan fingerprint density at radius 2 is 2.15 bits per heavy atom. The van der Waals surface area contributed by atoms with Crippen molar-refractivity contribution in [2.24, 2.45) is 0 Å². The molecule has 0 radical (unpaired) electrons. The summed E-state index contributed by atoms with van der Waals surface area (Å²) in [5.74, 6) is 1.59. The Labute approximate surface area is 116 Å². The van der Waals surface area contributed by atoms with Gasteiger partial charge in [-0.25, -0.2) is 0 Å². The highest BCUT2D eigenvalue weighted by Crippen LogP contribution is 2.21. The van der Waals surface area contributed by atoms with Crippen molar-refractivity contribution in [2.45, 2.75) is 32.9 Å². The molecule has 0 spiro atoms. The van der Waals surface area contributed by atoms with Crippen LogP contribution in [0.4, 0.5) is 0 Å². The summed E-state index contributed by atoms with van der Waals surface area (Å²) in [7, 11) is 0. The molecule has 2 heterocycles. The van der Waals surface area contributed by atoms with Gasteiger partial charge in [-0.2, -0.15) is 4.98 Å². The van der Waals surface area contributed by atoms with Crippen molar-refractivity contribution >= 4 is 10.9 Å². The topological polar surface area (TPSA) is 64.1 Å². The second-order valence-corrected chi connectivity index (χ2v) is 5.15. The lowest BCUT2D eigenvalue weighted by molar-refractivity contribution is 0.283. The van der Waals surface area contributed by atoms with E-state index in [4.69, 9.17) is 4.52 Å². The third-order valence-electron chi connectivity index (χ3n) is 3.38. The fourth-order valence-corrected chi connectivity index (χ4v) is 2.28. The average Bonchev–Trinajstić information content (AvgIpc) is 3.06. The largest absolute Gasteiger partial charge is 0.392 e. The van der Waals surface area contributed by atoms with Gasteiger partial charge in [0.25, 0.3) is 0 Å². The summed E-state index contributed by atoms with van der Waals surface area (Å²) in [5.41, 5.74) is 1.98. The molecule has 5 nitrogen and oxygen atoms in total. The van der Waals surface area contributed by atoms with E-state index in [9.17, 15) is 5.11 Å². The minimum Gasteiger partial charge on any atom is -0.392 e. The van der Waals surface area contributed by atoms with Crippen LogP contribution < -0.4 is 0 Å². The predicted molar refractivity (Wildman–Crippen MR) is 75.3 cm³/mol. The lowest BCUT2D eigenvalue weighted by Crippen LogP contribution is -1.99. The van der Waals surface area contributed by atoms with E-state index in [1.54, 1.807) is 0 Å². The van der Waals surface area contributed by atoms with Crippen molar-refractivity contribution in [3.05, 3.63) is 47.7 Å². The van der Waals surface area contributed by atoms with Gasteiger partial charge in [-0.1, -0.05) is 31.1 Å². The van der Waals surface area contributed by atoms with Crippen LogP contribution in [0.5, 0.6) is 0 Å². The first-order valence-corrected chi connectivity index (χ1v) is 6.69. The normalized spacial score (nSPS) is 11.6. The van der Waals surface area contributed by atoms with Crippen LogP contribution in [0.2, 0.25) is 0 Å². The zero-order valence-electron chi connectivity index (χ0n) is 11.6. The first-order valence-electron chi connectivity index (χ1n) is 6.69. The predicted octanol–water partition coefficient (Wildman–Crippen LogP) is 2.69. The van der Waals surface area contributed by atoms with E-state index >= 15 is 0 Å². The summed E-state index contributed by atoms with van der Waals surface area (Å²) in [6.07, 6.45) is 1.98.